The molecule has 106 valence electrons. The Balaban J connectivity index is 2.98. The molecule has 1 heterocycles. The molecule has 1 rings (SSSR count). The van der Waals surface area contributed by atoms with Gasteiger partial charge >= 0.3 is 0 Å². The molecule has 0 saturated carbocycles. The van der Waals surface area contributed by atoms with Crippen LogP contribution < -0.4 is 4.72 Å². The highest BCUT2D eigenvalue weighted by Crippen LogP contribution is 2.26. The molecule has 7 heteroatoms. The average Bonchev–Trinajstić information content (AvgIpc) is 2.76. The third kappa shape index (κ3) is 4.28. The summed E-state index contributed by atoms with van der Waals surface area (Å²) in [5.41, 5.74) is -0.300. The molecule has 0 bridgehead atoms. The lowest BCUT2D eigenvalue weighted by molar-refractivity contribution is 0.214. The molecule has 0 aromatic carbocycles. The predicted octanol–water partition coefficient (Wildman–Crippen LogP) is 1.70. The van der Waals surface area contributed by atoms with Crippen molar-refractivity contribution in [3.8, 4) is 6.07 Å². The van der Waals surface area contributed by atoms with E-state index in [-0.39, 0.29) is 22.3 Å². The van der Waals surface area contributed by atoms with Crippen LogP contribution in [-0.4, -0.2) is 26.2 Å². The maximum Gasteiger partial charge on any atom is 0.250 e. The van der Waals surface area contributed by atoms with Gasteiger partial charge in [-0.05, 0) is 24.0 Å². The summed E-state index contributed by atoms with van der Waals surface area (Å²) >= 11 is 0.936. The summed E-state index contributed by atoms with van der Waals surface area (Å²) in [5.74, 6) is 0. The fourth-order valence-corrected chi connectivity index (χ4v) is 4.16. The van der Waals surface area contributed by atoms with Gasteiger partial charge in [0.2, 0.25) is 10.0 Å². The van der Waals surface area contributed by atoms with Crippen molar-refractivity contribution in [1.29, 1.82) is 5.26 Å². The molecule has 0 saturated heterocycles. The normalized spacial score (nSPS) is 14.1. The summed E-state index contributed by atoms with van der Waals surface area (Å²) in [6.45, 7) is 5.64. The van der Waals surface area contributed by atoms with Crippen LogP contribution in [0.2, 0.25) is 0 Å². The van der Waals surface area contributed by atoms with Gasteiger partial charge in [-0.25, -0.2) is 13.1 Å². The summed E-state index contributed by atoms with van der Waals surface area (Å²) in [5, 5.41) is 17.8. The van der Waals surface area contributed by atoms with Crippen molar-refractivity contribution in [1.82, 2.24) is 4.72 Å². The topological polar surface area (TPSA) is 90.2 Å². The molecule has 0 fully saturated rings. The quantitative estimate of drug-likeness (QED) is 0.866. The van der Waals surface area contributed by atoms with E-state index in [1.165, 1.54) is 12.1 Å². The van der Waals surface area contributed by atoms with Crippen LogP contribution in [0.25, 0.3) is 0 Å². The zero-order valence-electron chi connectivity index (χ0n) is 11.2. The van der Waals surface area contributed by atoms with Crippen LogP contribution in [-0.2, 0) is 10.0 Å². The zero-order valence-corrected chi connectivity index (χ0v) is 12.8. The highest BCUT2D eigenvalue weighted by Gasteiger charge is 2.29. The molecule has 1 aromatic rings. The van der Waals surface area contributed by atoms with E-state index in [1.807, 2.05) is 26.8 Å². The molecular formula is C12H18N2O3S2. The Bertz CT molecular complexity index is 565. The molecule has 0 spiro atoms. The largest absolute Gasteiger partial charge is 0.396 e. The number of aliphatic hydroxyl groups is 1. The molecule has 0 aliphatic carbocycles. The number of rotatable bonds is 5. The second-order valence-electron chi connectivity index (χ2n) is 5.28. The van der Waals surface area contributed by atoms with Crippen LogP contribution in [0.1, 0.15) is 32.1 Å². The van der Waals surface area contributed by atoms with E-state index in [9.17, 15) is 8.42 Å². The van der Waals surface area contributed by atoms with Gasteiger partial charge in [-0.15, -0.1) is 11.3 Å². The van der Waals surface area contributed by atoms with Gasteiger partial charge in [0.25, 0.3) is 0 Å². The van der Waals surface area contributed by atoms with Crippen LogP contribution in [0, 0.1) is 16.7 Å². The van der Waals surface area contributed by atoms with Gasteiger partial charge in [0.05, 0.1) is 0 Å². The van der Waals surface area contributed by atoms with Crippen LogP contribution in [0.5, 0.6) is 0 Å². The first-order valence-electron chi connectivity index (χ1n) is 5.84. The van der Waals surface area contributed by atoms with E-state index in [4.69, 9.17) is 10.4 Å². The van der Waals surface area contributed by atoms with E-state index >= 15 is 0 Å². The molecule has 5 nitrogen and oxygen atoms in total. The van der Waals surface area contributed by atoms with Crippen LogP contribution >= 0.6 is 11.3 Å². The Morgan fingerprint density at radius 3 is 2.53 bits per heavy atom. The molecule has 1 aromatic heterocycles. The van der Waals surface area contributed by atoms with Gasteiger partial charge in [-0.2, -0.15) is 5.26 Å². The number of hydrogen-bond donors (Lipinski definition) is 2. The third-order valence-corrected chi connectivity index (χ3v) is 5.67. The second-order valence-corrected chi connectivity index (χ2v) is 8.31. The fraction of sp³-hybridized carbons (Fsp3) is 0.583. The molecule has 1 unspecified atom stereocenters. The highest BCUT2D eigenvalue weighted by atomic mass is 32.2. The van der Waals surface area contributed by atoms with Crippen molar-refractivity contribution in [2.75, 3.05) is 6.61 Å². The van der Waals surface area contributed by atoms with Crippen molar-refractivity contribution in [3.63, 3.8) is 0 Å². The van der Waals surface area contributed by atoms with Gasteiger partial charge in [0.1, 0.15) is 15.2 Å². The van der Waals surface area contributed by atoms with E-state index in [0.29, 0.717) is 11.3 Å². The zero-order chi connectivity index (χ0) is 14.7. The van der Waals surface area contributed by atoms with Gasteiger partial charge < -0.3 is 5.11 Å². The number of nitrogens with zero attached hydrogens (tertiary/aromatic N) is 1. The lowest BCUT2D eigenvalue weighted by atomic mass is 9.86. The minimum Gasteiger partial charge on any atom is -0.396 e. The Kier molecular flexibility index (Phi) is 5.10. The minimum atomic E-state index is -3.65. The number of nitrogens with one attached hydrogen (secondary N) is 1. The molecule has 0 amide bonds. The Morgan fingerprint density at radius 2 is 2.11 bits per heavy atom. The minimum absolute atomic E-state index is 0.0850. The molecule has 0 radical (unpaired) electrons. The Hall–Kier alpha value is -0.940. The number of nitriles is 1. The van der Waals surface area contributed by atoms with Gasteiger partial charge in [-0.1, -0.05) is 20.8 Å². The third-order valence-electron chi connectivity index (χ3n) is 2.72. The molecule has 19 heavy (non-hydrogen) atoms. The number of thiophene rings is 1. The van der Waals surface area contributed by atoms with Crippen molar-refractivity contribution >= 4 is 21.4 Å². The maximum atomic E-state index is 12.2. The number of hydrogen-bond acceptors (Lipinski definition) is 5. The van der Waals surface area contributed by atoms with Gasteiger partial charge in [0.15, 0.2) is 0 Å². The smallest absolute Gasteiger partial charge is 0.250 e. The maximum absolute atomic E-state index is 12.2. The lowest BCUT2D eigenvalue weighted by Crippen LogP contribution is -2.43. The summed E-state index contributed by atoms with van der Waals surface area (Å²) in [4.78, 5) is 0.356. The SMILES string of the molecule is CC(C)(C)C(CCO)NS(=O)(=O)c1ccc(C#N)s1. The van der Waals surface area contributed by atoms with Crippen LogP contribution in [0.3, 0.4) is 0 Å². The lowest BCUT2D eigenvalue weighted by Gasteiger charge is -2.30. The predicted molar refractivity (Wildman–Crippen MR) is 74.3 cm³/mol. The van der Waals surface area contributed by atoms with Crippen LogP contribution in [0.4, 0.5) is 0 Å². The van der Waals surface area contributed by atoms with E-state index in [2.05, 4.69) is 4.72 Å². The van der Waals surface area contributed by atoms with Crippen molar-refractivity contribution in [2.45, 2.75) is 37.4 Å². The van der Waals surface area contributed by atoms with E-state index < -0.39 is 10.0 Å². The molecule has 2 N–H and O–H groups in total. The van der Waals surface area contributed by atoms with E-state index in [0.717, 1.165) is 11.3 Å². The van der Waals surface area contributed by atoms with E-state index in [1.54, 1.807) is 0 Å². The standard InChI is InChI=1S/C12H18N2O3S2/c1-12(2,3)10(6-7-15)14-19(16,17)11-5-4-9(8-13)18-11/h4-5,10,14-15H,6-7H2,1-3H3. The number of sulfonamides is 1. The first-order valence-corrected chi connectivity index (χ1v) is 8.14. The summed E-state index contributed by atoms with van der Waals surface area (Å²) < 4.78 is 27.1. The summed E-state index contributed by atoms with van der Waals surface area (Å²) in [6, 6.07) is 4.45. The Morgan fingerprint density at radius 1 is 1.47 bits per heavy atom. The summed E-state index contributed by atoms with van der Waals surface area (Å²) in [7, 11) is -3.65. The van der Waals surface area contributed by atoms with Gasteiger partial charge in [-0.3, -0.25) is 0 Å². The first-order chi connectivity index (χ1) is 8.70. The van der Waals surface area contributed by atoms with Crippen molar-refractivity contribution < 1.29 is 13.5 Å². The monoisotopic (exact) mass is 302 g/mol. The van der Waals surface area contributed by atoms with Crippen molar-refractivity contribution in [2.24, 2.45) is 5.41 Å². The molecule has 1 atom stereocenters. The summed E-state index contributed by atoms with van der Waals surface area (Å²) in [6.07, 6.45) is 0.346. The number of aliphatic hydroxyl groups excluding tert-OH is 1. The van der Waals surface area contributed by atoms with Gasteiger partial charge in [0, 0.05) is 12.6 Å². The highest BCUT2D eigenvalue weighted by molar-refractivity contribution is 7.91. The molecule has 0 aliphatic heterocycles. The average molecular weight is 302 g/mol. The van der Waals surface area contributed by atoms with Crippen molar-refractivity contribution in [3.05, 3.63) is 17.0 Å². The molecular weight excluding hydrogens is 284 g/mol. The second kappa shape index (κ2) is 6.01. The first kappa shape index (κ1) is 16.1. The van der Waals surface area contributed by atoms with Crippen LogP contribution in [0.15, 0.2) is 16.3 Å². The molecule has 0 aliphatic rings. The Labute approximate surface area is 117 Å². The fourth-order valence-electron chi connectivity index (χ4n) is 1.57.